The van der Waals surface area contributed by atoms with E-state index < -0.39 is 17.2 Å². The van der Waals surface area contributed by atoms with Gasteiger partial charge < -0.3 is 9.67 Å². The van der Waals surface area contributed by atoms with Gasteiger partial charge in [0.05, 0.1) is 5.52 Å². The van der Waals surface area contributed by atoms with E-state index in [2.05, 4.69) is 4.98 Å². The lowest BCUT2D eigenvalue weighted by atomic mass is 10.0. The first-order valence-corrected chi connectivity index (χ1v) is 7.03. The fourth-order valence-electron chi connectivity index (χ4n) is 2.58. The number of aryl methyl sites for hydroxylation is 1. The van der Waals surface area contributed by atoms with Crippen LogP contribution in [0.3, 0.4) is 0 Å². The predicted octanol–water partition coefficient (Wildman–Crippen LogP) is 2.92. The fourth-order valence-corrected chi connectivity index (χ4v) is 2.58. The number of fused-ring (bicyclic) bond motifs is 1. The van der Waals surface area contributed by atoms with Gasteiger partial charge in [-0.15, -0.1) is 0 Å². The molecule has 0 aliphatic rings. The van der Waals surface area contributed by atoms with E-state index in [0.717, 1.165) is 6.07 Å². The van der Waals surface area contributed by atoms with Gasteiger partial charge >= 0.3 is 5.97 Å². The van der Waals surface area contributed by atoms with Crippen LogP contribution in [0.5, 0.6) is 0 Å². The van der Waals surface area contributed by atoms with Crippen LogP contribution in [0.2, 0.25) is 0 Å². The molecule has 0 unspecified atom stereocenters. The van der Waals surface area contributed by atoms with E-state index in [4.69, 9.17) is 5.11 Å². The molecule has 0 amide bonds. The molecule has 6 heteroatoms. The van der Waals surface area contributed by atoms with E-state index >= 15 is 0 Å². The van der Waals surface area contributed by atoms with E-state index in [0.29, 0.717) is 23.2 Å². The molecule has 3 aromatic rings. The fraction of sp³-hybridized carbons (Fsp3) is 0.118. The molecule has 0 radical (unpaired) electrons. The van der Waals surface area contributed by atoms with Crippen molar-refractivity contribution < 1.29 is 14.3 Å². The summed E-state index contributed by atoms with van der Waals surface area (Å²) in [4.78, 5) is 27.4. The van der Waals surface area contributed by atoms with Crippen molar-refractivity contribution in [3.63, 3.8) is 0 Å². The molecule has 0 aliphatic heterocycles. The van der Waals surface area contributed by atoms with E-state index in [1.165, 1.54) is 6.20 Å². The van der Waals surface area contributed by atoms with Crippen molar-refractivity contribution in [1.82, 2.24) is 9.55 Å². The quantitative estimate of drug-likeness (QED) is 0.807. The Morgan fingerprint density at radius 1 is 1.30 bits per heavy atom. The topological polar surface area (TPSA) is 72.2 Å². The summed E-state index contributed by atoms with van der Waals surface area (Å²) < 4.78 is 16.1. The van der Waals surface area contributed by atoms with Gasteiger partial charge in [-0.1, -0.05) is 0 Å². The maximum absolute atomic E-state index is 14.4. The summed E-state index contributed by atoms with van der Waals surface area (Å²) in [6.45, 7) is 2.28. The highest BCUT2D eigenvalue weighted by atomic mass is 19.1. The molecule has 0 saturated carbocycles. The van der Waals surface area contributed by atoms with Crippen LogP contribution in [-0.4, -0.2) is 20.6 Å². The first kappa shape index (κ1) is 14.9. The molecule has 2 heterocycles. The minimum absolute atomic E-state index is 0.0575. The first-order valence-electron chi connectivity index (χ1n) is 7.03. The summed E-state index contributed by atoms with van der Waals surface area (Å²) in [5, 5.41) is 9.19. The van der Waals surface area contributed by atoms with Crippen LogP contribution in [0.1, 0.15) is 17.3 Å². The largest absolute Gasteiger partial charge is 0.477 e. The van der Waals surface area contributed by atoms with Gasteiger partial charge in [-0.05, 0) is 36.8 Å². The van der Waals surface area contributed by atoms with E-state index in [9.17, 15) is 14.0 Å². The summed E-state index contributed by atoms with van der Waals surface area (Å²) in [5.41, 5.74) is 0.421. The van der Waals surface area contributed by atoms with Gasteiger partial charge in [0, 0.05) is 36.1 Å². The minimum atomic E-state index is -1.32. The number of pyridine rings is 2. The Morgan fingerprint density at radius 2 is 2.00 bits per heavy atom. The summed E-state index contributed by atoms with van der Waals surface area (Å²) >= 11 is 0. The van der Waals surface area contributed by atoms with E-state index in [1.54, 1.807) is 35.2 Å². The maximum Gasteiger partial charge on any atom is 0.341 e. The van der Waals surface area contributed by atoms with Crippen LogP contribution < -0.4 is 5.43 Å². The Kier molecular flexibility index (Phi) is 3.65. The number of hydrogen-bond acceptors (Lipinski definition) is 3. The van der Waals surface area contributed by atoms with Crippen LogP contribution in [0.15, 0.2) is 47.7 Å². The smallest absolute Gasteiger partial charge is 0.341 e. The van der Waals surface area contributed by atoms with Gasteiger partial charge in [0.1, 0.15) is 11.4 Å². The van der Waals surface area contributed by atoms with Crippen LogP contribution >= 0.6 is 0 Å². The molecule has 2 aromatic heterocycles. The van der Waals surface area contributed by atoms with Crippen LogP contribution in [0.25, 0.3) is 22.0 Å². The van der Waals surface area contributed by atoms with Crippen molar-refractivity contribution in [3.8, 4) is 11.1 Å². The highest BCUT2D eigenvalue weighted by molar-refractivity contribution is 5.93. The van der Waals surface area contributed by atoms with Crippen LogP contribution in [0.4, 0.5) is 4.39 Å². The van der Waals surface area contributed by atoms with Crippen LogP contribution in [-0.2, 0) is 6.54 Å². The van der Waals surface area contributed by atoms with Crippen molar-refractivity contribution >= 4 is 16.9 Å². The number of nitrogens with zero attached hydrogens (tertiary/aromatic N) is 2. The number of carboxylic acid groups (broad SMARTS) is 1. The molecule has 116 valence electrons. The molecule has 1 N–H and O–H groups in total. The number of benzene rings is 1. The zero-order valence-corrected chi connectivity index (χ0v) is 12.3. The normalized spacial score (nSPS) is 10.9. The highest BCUT2D eigenvalue weighted by Gasteiger charge is 2.17. The zero-order chi connectivity index (χ0) is 16.6. The lowest BCUT2D eigenvalue weighted by Crippen LogP contribution is -2.19. The van der Waals surface area contributed by atoms with Gasteiger partial charge in [0.25, 0.3) is 0 Å². The molecule has 23 heavy (non-hydrogen) atoms. The molecule has 1 aromatic carbocycles. The molecule has 5 nitrogen and oxygen atoms in total. The summed E-state index contributed by atoms with van der Waals surface area (Å²) in [7, 11) is 0. The number of aromatic carboxylic acids is 1. The molecular formula is C17H13FN2O3. The van der Waals surface area contributed by atoms with Gasteiger partial charge in [-0.3, -0.25) is 9.78 Å². The first-order chi connectivity index (χ1) is 11.0. The molecule has 0 spiro atoms. The second-order valence-corrected chi connectivity index (χ2v) is 5.05. The molecule has 3 rings (SSSR count). The lowest BCUT2D eigenvalue weighted by molar-refractivity contribution is 0.0695. The average Bonchev–Trinajstić information content (AvgIpc) is 2.55. The monoisotopic (exact) mass is 312 g/mol. The van der Waals surface area contributed by atoms with Gasteiger partial charge in [-0.25, -0.2) is 9.18 Å². The molecule has 0 aliphatic carbocycles. The molecule has 0 fully saturated rings. The van der Waals surface area contributed by atoms with E-state index in [1.807, 2.05) is 6.92 Å². The Labute approximate surface area is 130 Å². The van der Waals surface area contributed by atoms with Crippen LogP contribution in [0, 0.1) is 5.82 Å². The summed E-state index contributed by atoms with van der Waals surface area (Å²) in [5.74, 6) is -1.90. The Morgan fingerprint density at radius 3 is 2.61 bits per heavy atom. The van der Waals surface area contributed by atoms with Crippen molar-refractivity contribution in [2.24, 2.45) is 0 Å². The molecular weight excluding hydrogens is 299 g/mol. The second-order valence-electron chi connectivity index (χ2n) is 5.05. The summed E-state index contributed by atoms with van der Waals surface area (Å²) in [6, 6.07) is 6.01. The van der Waals surface area contributed by atoms with Crippen molar-refractivity contribution in [2.75, 3.05) is 0 Å². The Hall–Kier alpha value is -3.02. The van der Waals surface area contributed by atoms with E-state index in [-0.39, 0.29) is 10.9 Å². The number of rotatable bonds is 3. The number of hydrogen-bond donors (Lipinski definition) is 1. The highest BCUT2D eigenvalue weighted by Crippen LogP contribution is 2.26. The van der Waals surface area contributed by atoms with Gasteiger partial charge in [0.2, 0.25) is 5.43 Å². The average molecular weight is 312 g/mol. The second kappa shape index (κ2) is 5.64. The number of carboxylic acids is 1. The minimum Gasteiger partial charge on any atom is -0.477 e. The molecule has 0 bridgehead atoms. The zero-order valence-electron chi connectivity index (χ0n) is 12.3. The number of carbonyl (C=O) groups is 1. The Balaban J connectivity index is 2.39. The van der Waals surface area contributed by atoms with Gasteiger partial charge in [0.15, 0.2) is 0 Å². The molecule has 0 atom stereocenters. The third-order valence-corrected chi connectivity index (χ3v) is 3.73. The van der Waals surface area contributed by atoms with Crippen molar-refractivity contribution in [1.29, 1.82) is 0 Å². The number of halogens is 1. The van der Waals surface area contributed by atoms with Crippen molar-refractivity contribution in [3.05, 3.63) is 64.5 Å². The maximum atomic E-state index is 14.4. The third-order valence-electron chi connectivity index (χ3n) is 3.73. The lowest BCUT2D eigenvalue weighted by Gasteiger charge is -2.12. The number of aromatic nitrogens is 2. The van der Waals surface area contributed by atoms with Crippen molar-refractivity contribution in [2.45, 2.75) is 13.5 Å². The molecule has 0 saturated heterocycles. The standard InChI is InChI=1S/C17H13FN2O3/c1-2-20-9-13(17(22)23)16(21)12-7-14(18)11(8-15(12)20)10-3-5-19-6-4-10/h3-9H,2H2,1H3,(H,22,23). The predicted molar refractivity (Wildman–Crippen MR) is 84.0 cm³/mol. The summed E-state index contributed by atoms with van der Waals surface area (Å²) in [6.07, 6.45) is 4.40. The third kappa shape index (κ3) is 2.48. The SMILES string of the molecule is CCn1cc(C(=O)O)c(=O)c2cc(F)c(-c3ccncc3)cc21. The Bertz CT molecular complexity index is 965. The van der Waals surface area contributed by atoms with Gasteiger partial charge in [-0.2, -0.15) is 0 Å².